The normalized spacial score (nSPS) is 11.1. The quantitative estimate of drug-likeness (QED) is 0.509. The first-order valence-corrected chi connectivity index (χ1v) is 9.78. The number of fused-ring (bicyclic) bond motifs is 1. The molecule has 0 radical (unpaired) electrons. The molecule has 0 aliphatic heterocycles. The Kier molecular flexibility index (Phi) is 4.88. The number of aromatic hydroxyl groups is 1. The van der Waals surface area contributed by atoms with Crippen LogP contribution in [-0.4, -0.2) is 15.6 Å². The number of aromatic nitrogens is 1. The monoisotopic (exact) mass is 394 g/mol. The first-order chi connectivity index (χ1) is 13.5. The van der Waals surface area contributed by atoms with E-state index in [4.69, 9.17) is 0 Å². The third-order valence-corrected chi connectivity index (χ3v) is 5.63. The summed E-state index contributed by atoms with van der Waals surface area (Å²) >= 11 is 1.66. The molecule has 6 heteroatoms. The Balaban J connectivity index is 1.70. The summed E-state index contributed by atoms with van der Waals surface area (Å²) in [6, 6.07) is 15.3. The molecule has 0 fully saturated rings. The molecule has 4 aromatic rings. The van der Waals surface area contributed by atoms with Crippen molar-refractivity contribution in [3.63, 3.8) is 0 Å². The molecule has 0 atom stereocenters. The van der Waals surface area contributed by atoms with Gasteiger partial charge in [-0.1, -0.05) is 18.2 Å². The van der Waals surface area contributed by atoms with Gasteiger partial charge >= 0.3 is 0 Å². The molecule has 0 aliphatic carbocycles. The van der Waals surface area contributed by atoms with Crippen molar-refractivity contribution in [2.45, 2.75) is 20.0 Å². The minimum absolute atomic E-state index is 0.111. The van der Waals surface area contributed by atoms with Crippen LogP contribution in [0.2, 0.25) is 0 Å². The second kappa shape index (κ2) is 7.48. The number of nitrogens with one attached hydrogen (secondary N) is 1. The molecule has 1 amide bonds. The second-order valence-electron chi connectivity index (χ2n) is 6.64. The van der Waals surface area contributed by atoms with Crippen LogP contribution in [0.1, 0.15) is 26.5 Å². The van der Waals surface area contributed by atoms with Crippen molar-refractivity contribution in [3.05, 3.63) is 87.5 Å². The van der Waals surface area contributed by atoms with Crippen molar-refractivity contribution < 1.29 is 14.3 Å². The fourth-order valence-electron chi connectivity index (χ4n) is 3.44. The first kappa shape index (κ1) is 18.3. The number of halogens is 1. The van der Waals surface area contributed by atoms with Crippen molar-refractivity contribution in [2.24, 2.45) is 0 Å². The summed E-state index contributed by atoms with van der Waals surface area (Å²) in [4.78, 5) is 14.1. The van der Waals surface area contributed by atoms with E-state index < -0.39 is 0 Å². The van der Waals surface area contributed by atoms with E-state index in [0.29, 0.717) is 23.1 Å². The Morgan fingerprint density at radius 2 is 2.04 bits per heavy atom. The van der Waals surface area contributed by atoms with Crippen LogP contribution in [0.4, 0.5) is 4.39 Å². The number of rotatable bonds is 5. The molecule has 2 aromatic carbocycles. The van der Waals surface area contributed by atoms with Crippen molar-refractivity contribution in [3.8, 4) is 5.75 Å². The first-order valence-electron chi connectivity index (χ1n) is 8.90. The average Bonchev–Trinajstić information content (AvgIpc) is 3.27. The van der Waals surface area contributed by atoms with Gasteiger partial charge in [-0.05, 0) is 54.3 Å². The fourth-order valence-corrected chi connectivity index (χ4v) is 4.13. The van der Waals surface area contributed by atoms with E-state index in [0.717, 1.165) is 11.2 Å². The molecule has 0 saturated carbocycles. The molecule has 4 nitrogen and oxygen atoms in total. The molecule has 0 unspecified atom stereocenters. The van der Waals surface area contributed by atoms with Crippen LogP contribution in [0.5, 0.6) is 5.75 Å². The number of nitrogens with zero attached hydrogens (tertiary/aromatic N) is 1. The summed E-state index contributed by atoms with van der Waals surface area (Å²) in [6.45, 7) is 2.79. The van der Waals surface area contributed by atoms with Gasteiger partial charge in [0, 0.05) is 28.0 Å². The molecule has 0 saturated heterocycles. The van der Waals surface area contributed by atoms with E-state index in [9.17, 15) is 14.3 Å². The third kappa shape index (κ3) is 3.51. The van der Waals surface area contributed by atoms with Crippen molar-refractivity contribution in [1.29, 1.82) is 0 Å². The highest BCUT2D eigenvalue weighted by atomic mass is 32.1. The predicted molar refractivity (Wildman–Crippen MR) is 109 cm³/mol. The van der Waals surface area contributed by atoms with E-state index in [1.807, 2.05) is 24.4 Å². The highest BCUT2D eigenvalue weighted by Gasteiger charge is 2.20. The van der Waals surface area contributed by atoms with Gasteiger partial charge in [-0.2, -0.15) is 0 Å². The largest absolute Gasteiger partial charge is 0.508 e. The van der Waals surface area contributed by atoms with Crippen LogP contribution in [0.25, 0.3) is 10.9 Å². The van der Waals surface area contributed by atoms with Gasteiger partial charge in [0.1, 0.15) is 11.6 Å². The molecule has 2 N–H and O–H groups in total. The lowest BCUT2D eigenvalue weighted by molar-refractivity contribution is 0.0951. The summed E-state index contributed by atoms with van der Waals surface area (Å²) in [6.07, 6.45) is 0. The topological polar surface area (TPSA) is 54.3 Å². The van der Waals surface area contributed by atoms with Gasteiger partial charge in [-0.15, -0.1) is 11.3 Å². The summed E-state index contributed by atoms with van der Waals surface area (Å²) in [7, 11) is 0. The maximum atomic E-state index is 13.4. The van der Waals surface area contributed by atoms with Crippen molar-refractivity contribution >= 4 is 28.1 Å². The van der Waals surface area contributed by atoms with Gasteiger partial charge in [0.15, 0.2) is 0 Å². The average molecular weight is 394 g/mol. The third-order valence-electron chi connectivity index (χ3n) is 4.77. The summed E-state index contributed by atoms with van der Waals surface area (Å²) in [5.74, 6) is -0.470. The van der Waals surface area contributed by atoms with Gasteiger partial charge in [-0.25, -0.2) is 4.39 Å². The van der Waals surface area contributed by atoms with Gasteiger partial charge in [0.05, 0.1) is 12.1 Å². The number of carbonyl (C=O) groups is 1. The van der Waals surface area contributed by atoms with Crippen LogP contribution >= 0.6 is 11.3 Å². The lowest BCUT2D eigenvalue weighted by atomic mass is 10.1. The molecular weight excluding hydrogens is 375 g/mol. The standard InChI is InChI=1S/C22H19FN2O2S/c1-14-21(22(27)24-12-15-4-2-5-16(23)10-15)19-11-17(26)7-8-20(19)25(14)13-18-6-3-9-28-18/h2-11,26H,12-13H2,1H3,(H,24,27). The number of amides is 1. The van der Waals surface area contributed by atoms with E-state index in [1.54, 1.807) is 35.6 Å². The zero-order valence-electron chi connectivity index (χ0n) is 15.3. The maximum absolute atomic E-state index is 13.4. The second-order valence-corrected chi connectivity index (χ2v) is 7.67. The summed E-state index contributed by atoms with van der Waals surface area (Å²) in [5, 5.41) is 15.5. The van der Waals surface area contributed by atoms with Crippen molar-refractivity contribution in [2.75, 3.05) is 0 Å². The number of benzene rings is 2. The van der Waals surface area contributed by atoms with E-state index in [1.165, 1.54) is 17.0 Å². The van der Waals surface area contributed by atoms with E-state index >= 15 is 0 Å². The summed E-state index contributed by atoms with van der Waals surface area (Å²) < 4.78 is 15.5. The number of phenols is 1. The molecule has 0 aliphatic rings. The predicted octanol–water partition coefficient (Wildman–Crippen LogP) is 4.83. The Bertz CT molecular complexity index is 1150. The zero-order valence-corrected chi connectivity index (χ0v) is 16.1. The molecule has 0 bridgehead atoms. The van der Waals surface area contributed by atoms with Crippen LogP contribution in [0, 0.1) is 12.7 Å². The lowest BCUT2D eigenvalue weighted by Crippen LogP contribution is -2.23. The Hall–Kier alpha value is -3.12. The molecule has 28 heavy (non-hydrogen) atoms. The van der Waals surface area contributed by atoms with Crippen molar-refractivity contribution in [1.82, 2.24) is 9.88 Å². The Labute approximate surface area is 165 Å². The maximum Gasteiger partial charge on any atom is 0.254 e. The summed E-state index contributed by atoms with van der Waals surface area (Å²) in [5.41, 5.74) is 2.93. The molecule has 2 heterocycles. The zero-order chi connectivity index (χ0) is 19.7. The highest BCUT2D eigenvalue weighted by molar-refractivity contribution is 7.09. The SMILES string of the molecule is Cc1c(C(=O)NCc2cccc(F)c2)c2cc(O)ccc2n1Cc1cccs1. The minimum Gasteiger partial charge on any atom is -0.508 e. The van der Waals surface area contributed by atoms with Crippen LogP contribution in [-0.2, 0) is 13.1 Å². The Morgan fingerprint density at radius 3 is 2.79 bits per heavy atom. The number of thiophene rings is 1. The lowest BCUT2D eigenvalue weighted by Gasteiger charge is -2.08. The number of phenolic OH excluding ortho intramolecular Hbond substituents is 1. The number of hydrogen-bond donors (Lipinski definition) is 2. The van der Waals surface area contributed by atoms with Gasteiger partial charge in [0.25, 0.3) is 5.91 Å². The van der Waals surface area contributed by atoms with Gasteiger partial charge in [-0.3, -0.25) is 4.79 Å². The highest BCUT2D eigenvalue weighted by Crippen LogP contribution is 2.30. The van der Waals surface area contributed by atoms with E-state index in [2.05, 4.69) is 16.0 Å². The smallest absolute Gasteiger partial charge is 0.254 e. The Morgan fingerprint density at radius 1 is 1.18 bits per heavy atom. The van der Waals surface area contributed by atoms with Crippen LogP contribution in [0.15, 0.2) is 60.0 Å². The van der Waals surface area contributed by atoms with Gasteiger partial charge in [0.2, 0.25) is 0 Å². The molecule has 2 aromatic heterocycles. The number of hydrogen-bond acceptors (Lipinski definition) is 3. The minimum atomic E-state index is -0.333. The van der Waals surface area contributed by atoms with Crippen LogP contribution in [0.3, 0.4) is 0 Å². The van der Waals surface area contributed by atoms with Crippen LogP contribution < -0.4 is 5.32 Å². The molecule has 142 valence electrons. The molecular formula is C22H19FN2O2S. The number of carbonyl (C=O) groups excluding carboxylic acids is 1. The molecule has 4 rings (SSSR count). The fraction of sp³-hybridized carbons (Fsp3) is 0.136. The molecule has 0 spiro atoms. The van der Waals surface area contributed by atoms with E-state index in [-0.39, 0.29) is 24.0 Å². The van der Waals surface area contributed by atoms with Gasteiger partial charge < -0.3 is 15.0 Å².